The molecule has 0 amide bonds. The number of hydrogen-bond acceptors (Lipinski definition) is 3. The lowest BCUT2D eigenvalue weighted by atomic mass is 10.2. The smallest absolute Gasteiger partial charge is 0.121 e. The first kappa shape index (κ1) is 15.8. The highest BCUT2D eigenvalue weighted by Gasteiger charge is 2.13. The van der Waals surface area contributed by atoms with Crippen LogP contribution in [0, 0.1) is 5.92 Å². The summed E-state index contributed by atoms with van der Waals surface area (Å²) < 4.78 is 7.62. The first-order valence-electron chi connectivity index (χ1n) is 7.78. The Morgan fingerprint density at radius 1 is 1.24 bits per heavy atom. The van der Waals surface area contributed by atoms with Gasteiger partial charge < -0.3 is 14.6 Å². The lowest BCUT2D eigenvalue weighted by Gasteiger charge is -2.14. The molecule has 0 radical (unpaired) electrons. The molecule has 0 saturated carbocycles. The summed E-state index contributed by atoms with van der Waals surface area (Å²) in [6.45, 7) is 10.9. The molecule has 0 atom stereocenters. The maximum Gasteiger partial charge on any atom is 0.121 e. The fourth-order valence-electron chi connectivity index (χ4n) is 2.60. The van der Waals surface area contributed by atoms with Gasteiger partial charge in [-0.3, -0.25) is 0 Å². The number of ether oxygens (including phenoxy) is 1. The van der Waals surface area contributed by atoms with E-state index in [9.17, 15) is 0 Å². The van der Waals surface area contributed by atoms with E-state index in [1.165, 1.54) is 5.52 Å². The second-order valence-corrected chi connectivity index (χ2v) is 6.19. The Balaban J connectivity index is 2.22. The molecule has 4 nitrogen and oxygen atoms in total. The van der Waals surface area contributed by atoms with Gasteiger partial charge in [0, 0.05) is 25.1 Å². The molecule has 1 heterocycles. The maximum atomic E-state index is 5.30. The molecule has 0 spiro atoms. The lowest BCUT2D eigenvalue weighted by Crippen LogP contribution is -2.23. The normalized spacial score (nSPS) is 11.8. The quantitative estimate of drug-likeness (QED) is 0.794. The van der Waals surface area contributed by atoms with Crippen molar-refractivity contribution in [3.8, 4) is 5.75 Å². The van der Waals surface area contributed by atoms with Crippen molar-refractivity contribution >= 4 is 11.0 Å². The summed E-state index contributed by atoms with van der Waals surface area (Å²) in [5, 5.41) is 3.49. The molecule has 0 bridgehead atoms. The molecule has 0 fully saturated rings. The Labute approximate surface area is 127 Å². The van der Waals surface area contributed by atoms with Crippen LogP contribution in [0.2, 0.25) is 0 Å². The van der Waals surface area contributed by atoms with E-state index in [1.807, 2.05) is 12.1 Å². The molecule has 1 aromatic heterocycles. The van der Waals surface area contributed by atoms with Gasteiger partial charge in [0.15, 0.2) is 0 Å². The van der Waals surface area contributed by atoms with E-state index < -0.39 is 0 Å². The Morgan fingerprint density at radius 3 is 2.62 bits per heavy atom. The summed E-state index contributed by atoms with van der Waals surface area (Å²) in [4.78, 5) is 4.80. The van der Waals surface area contributed by atoms with E-state index in [-0.39, 0.29) is 0 Å². The summed E-state index contributed by atoms with van der Waals surface area (Å²) in [7, 11) is 1.69. The zero-order valence-electron chi connectivity index (χ0n) is 13.8. The molecule has 0 saturated heterocycles. The Hall–Kier alpha value is -1.55. The Morgan fingerprint density at radius 2 is 2.00 bits per heavy atom. The van der Waals surface area contributed by atoms with Gasteiger partial charge in [0.2, 0.25) is 0 Å². The fraction of sp³-hybridized carbons (Fsp3) is 0.588. The Bertz CT molecular complexity index is 587. The summed E-state index contributed by atoms with van der Waals surface area (Å²) >= 11 is 0. The molecule has 4 heteroatoms. The number of imidazole rings is 1. The third-order valence-electron chi connectivity index (χ3n) is 3.56. The zero-order valence-corrected chi connectivity index (χ0v) is 13.8. The minimum Gasteiger partial charge on any atom is -0.497 e. The number of methoxy groups -OCH3 is 1. The third-order valence-corrected chi connectivity index (χ3v) is 3.56. The summed E-state index contributed by atoms with van der Waals surface area (Å²) in [6.07, 6.45) is 0.946. The molecular formula is C17H27N3O. The van der Waals surface area contributed by atoms with Gasteiger partial charge in [-0.05, 0) is 38.4 Å². The molecule has 2 rings (SSSR count). The van der Waals surface area contributed by atoms with Crippen LogP contribution < -0.4 is 10.1 Å². The molecule has 2 aromatic rings. The van der Waals surface area contributed by atoms with E-state index in [4.69, 9.17) is 9.72 Å². The number of rotatable bonds is 7. The highest BCUT2D eigenvalue weighted by molar-refractivity contribution is 5.78. The van der Waals surface area contributed by atoms with Crippen LogP contribution in [0.25, 0.3) is 11.0 Å². The monoisotopic (exact) mass is 289 g/mol. The molecule has 21 heavy (non-hydrogen) atoms. The van der Waals surface area contributed by atoms with Gasteiger partial charge >= 0.3 is 0 Å². The van der Waals surface area contributed by atoms with Crippen molar-refractivity contribution in [2.24, 2.45) is 5.92 Å². The van der Waals surface area contributed by atoms with E-state index in [1.54, 1.807) is 7.11 Å². The topological polar surface area (TPSA) is 39.1 Å². The van der Waals surface area contributed by atoms with Crippen molar-refractivity contribution in [3.63, 3.8) is 0 Å². The molecule has 116 valence electrons. The lowest BCUT2D eigenvalue weighted by molar-refractivity contribution is 0.415. The minimum atomic E-state index is 0.406. The van der Waals surface area contributed by atoms with Crippen molar-refractivity contribution in [3.05, 3.63) is 24.0 Å². The van der Waals surface area contributed by atoms with Crippen LogP contribution in [-0.4, -0.2) is 29.8 Å². The highest BCUT2D eigenvalue weighted by Crippen LogP contribution is 2.25. The van der Waals surface area contributed by atoms with Crippen molar-refractivity contribution in [1.29, 1.82) is 0 Å². The average Bonchev–Trinajstić information content (AvgIpc) is 2.80. The van der Waals surface area contributed by atoms with Crippen molar-refractivity contribution in [2.75, 3.05) is 20.2 Å². The number of aromatic nitrogens is 2. The van der Waals surface area contributed by atoms with Gasteiger partial charge in [0.25, 0.3) is 0 Å². The number of hydrogen-bond donors (Lipinski definition) is 1. The van der Waals surface area contributed by atoms with Crippen molar-refractivity contribution < 1.29 is 4.74 Å². The molecule has 0 unspecified atom stereocenters. The molecule has 1 N–H and O–H groups in total. The zero-order chi connectivity index (χ0) is 15.4. The number of nitrogens with one attached hydrogen (secondary N) is 1. The summed E-state index contributed by atoms with van der Waals surface area (Å²) in [5.74, 6) is 2.68. The van der Waals surface area contributed by atoms with E-state index >= 15 is 0 Å². The largest absolute Gasteiger partial charge is 0.497 e. The van der Waals surface area contributed by atoms with E-state index in [0.717, 1.165) is 36.6 Å². The van der Waals surface area contributed by atoms with Gasteiger partial charge in [0.05, 0.1) is 18.1 Å². The minimum absolute atomic E-state index is 0.406. The van der Waals surface area contributed by atoms with Crippen molar-refractivity contribution in [1.82, 2.24) is 14.9 Å². The van der Waals surface area contributed by atoms with Gasteiger partial charge in [-0.2, -0.15) is 0 Å². The predicted molar refractivity (Wildman–Crippen MR) is 88.1 cm³/mol. The average molecular weight is 289 g/mol. The van der Waals surface area contributed by atoms with Crippen LogP contribution >= 0.6 is 0 Å². The molecule has 0 aliphatic rings. The molecule has 0 aliphatic heterocycles. The first-order valence-corrected chi connectivity index (χ1v) is 7.78. The van der Waals surface area contributed by atoms with E-state index in [0.29, 0.717) is 12.0 Å². The number of nitrogens with zero attached hydrogens (tertiary/aromatic N) is 2. The third kappa shape index (κ3) is 3.76. The second-order valence-electron chi connectivity index (χ2n) is 6.19. The maximum absolute atomic E-state index is 5.30. The van der Waals surface area contributed by atoms with Gasteiger partial charge in [-0.1, -0.05) is 13.8 Å². The molecule has 0 aliphatic carbocycles. The van der Waals surface area contributed by atoms with Crippen LogP contribution in [-0.2, 0) is 6.42 Å². The van der Waals surface area contributed by atoms with Gasteiger partial charge in [-0.25, -0.2) is 4.98 Å². The van der Waals surface area contributed by atoms with Crippen LogP contribution in [0.5, 0.6) is 5.75 Å². The highest BCUT2D eigenvalue weighted by atomic mass is 16.5. The Kier molecular flexibility index (Phi) is 5.23. The van der Waals surface area contributed by atoms with Crippen LogP contribution in [0.1, 0.15) is 39.6 Å². The second kappa shape index (κ2) is 6.94. The standard InChI is InChI=1S/C17H27N3O/c1-12(2)11-18-9-8-17-19-15-10-14(21-5)6-7-16(15)20(17)13(3)4/h6-7,10,12-13,18H,8-9,11H2,1-5H3. The van der Waals surface area contributed by atoms with E-state index in [2.05, 4.69) is 43.6 Å². The van der Waals surface area contributed by atoms with Gasteiger partial charge in [0.1, 0.15) is 11.6 Å². The summed E-state index contributed by atoms with van der Waals surface area (Å²) in [5.41, 5.74) is 2.20. The predicted octanol–water partition coefficient (Wildman–Crippen LogP) is 3.41. The van der Waals surface area contributed by atoms with Gasteiger partial charge in [-0.15, -0.1) is 0 Å². The van der Waals surface area contributed by atoms with Crippen LogP contribution in [0.15, 0.2) is 18.2 Å². The first-order chi connectivity index (χ1) is 10.0. The number of benzene rings is 1. The van der Waals surface area contributed by atoms with Crippen molar-refractivity contribution in [2.45, 2.75) is 40.2 Å². The van der Waals surface area contributed by atoms with Crippen LogP contribution in [0.3, 0.4) is 0 Å². The molecular weight excluding hydrogens is 262 g/mol. The van der Waals surface area contributed by atoms with Crippen LogP contribution in [0.4, 0.5) is 0 Å². The number of fused-ring (bicyclic) bond motifs is 1. The summed E-state index contributed by atoms with van der Waals surface area (Å²) in [6, 6.07) is 6.53. The SMILES string of the molecule is COc1ccc2c(c1)nc(CCNCC(C)C)n2C(C)C. The fourth-order valence-corrected chi connectivity index (χ4v) is 2.60. The molecule has 1 aromatic carbocycles.